The molecule has 0 amide bonds. The van der Waals surface area contributed by atoms with E-state index in [2.05, 4.69) is 118 Å². The molecule has 1 atom stereocenters. The van der Waals surface area contributed by atoms with Crippen LogP contribution in [0, 0.1) is 0 Å². The van der Waals surface area contributed by atoms with Crippen LogP contribution in [-0.2, 0) is 28.6 Å². The van der Waals surface area contributed by atoms with Gasteiger partial charge in [-0.1, -0.05) is 234 Å². The van der Waals surface area contributed by atoms with Crippen LogP contribution in [0.15, 0.2) is 97.2 Å². The van der Waals surface area contributed by atoms with Crippen molar-refractivity contribution >= 4 is 17.9 Å². The van der Waals surface area contributed by atoms with Crippen LogP contribution in [0.2, 0.25) is 0 Å². The first-order valence-electron chi connectivity index (χ1n) is 28.2. The highest BCUT2D eigenvalue weighted by Crippen LogP contribution is 2.14. The Morgan fingerprint density at radius 3 is 0.926 bits per heavy atom. The van der Waals surface area contributed by atoms with Crippen LogP contribution in [-0.4, -0.2) is 37.2 Å². The summed E-state index contributed by atoms with van der Waals surface area (Å²) in [5, 5.41) is 0. The molecule has 0 saturated carbocycles. The molecule has 0 fully saturated rings. The molecule has 0 heterocycles. The van der Waals surface area contributed by atoms with Gasteiger partial charge in [0.1, 0.15) is 13.2 Å². The minimum absolute atomic E-state index is 0.0870. The summed E-state index contributed by atoms with van der Waals surface area (Å²) >= 11 is 0. The zero-order valence-corrected chi connectivity index (χ0v) is 44.3. The maximum atomic E-state index is 12.8. The standard InChI is InChI=1S/C62H104O6/c1-4-7-10-13-16-19-22-24-26-27-28-29-30-31-32-33-34-35-37-38-40-43-46-49-52-55-61(64)67-58-59(57-66-60(63)54-51-48-45-42-21-18-15-12-9-6-3)68-62(65)56-53-50-47-44-41-39-36-25-23-20-17-14-11-8-5-2/h7,10,16-17,19-20,24-26,28-29,31-32,34-36,59H,4-6,8-9,11-15,18,21-23,27,30,33,37-58H2,1-3H3/b10-7-,19-16-,20-17-,26-24-,29-28-,32-31-,35-34-,36-25-. The first-order chi connectivity index (χ1) is 33.5. The highest BCUT2D eigenvalue weighted by Gasteiger charge is 2.19. The van der Waals surface area contributed by atoms with Crippen molar-refractivity contribution in [3.8, 4) is 0 Å². The van der Waals surface area contributed by atoms with Crippen molar-refractivity contribution in [1.82, 2.24) is 0 Å². The Morgan fingerprint density at radius 1 is 0.309 bits per heavy atom. The number of rotatable bonds is 50. The Labute approximate surface area is 419 Å². The predicted octanol–water partition coefficient (Wildman–Crippen LogP) is 18.9. The Morgan fingerprint density at radius 2 is 0.574 bits per heavy atom. The maximum absolute atomic E-state index is 12.8. The molecule has 0 aromatic heterocycles. The molecule has 68 heavy (non-hydrogen) atoms. The van der Waals surface area contributed by atoms with E-state index in [0.717, 1.165) is 135 Å². The van der Waals surface area contributed by atoms with Crippen molar-refractivity contribution in [2.24, 2.45) is 0 Å². The van der Waals surface area contributed by atoms with E-state index in [1.165, 1.54) is 83.5 Å². The van der Waals surface area contributed by atoms with Crippen molar-refractivity contribution in [2.75, 3.05) is 13.2 Å². The number of allylic oxidation sites excluding steroid dienone is 16. The predicted molar refractivity (Wildman–Crippen MR) is 293 cm³/mol. The van der Waals surface area contributed by atoms with Crippen molar-refractivity contribution < 1.29 is 28.6 Å². The molecule has 0 bridgehead atoms. The molecule has 0 N–H and O–H groups in total. The van der Waals surface area contributed by atoms with Gasteiger partial charge in [-0.25, -0.2) is 0 Å². The van der Waals surface area contributed by atoms with Crippen LogP contribution in [0.1, 0.15) is 258 Å². The van der Waals surface area contributed by atoms with Crippen LogP contribution < -0.4 is 0 Å². The SMILES string of the molecule is CC/C=C\C/C=C\C/C=C\C/C=C\C/C=C\C/C=C\CCCCCCCCC(=O)OCC(COC(=O)CCCCCCCCCCCC)OC(=O)CCCCCCC/C=C\C/C=C\CCCCC. The summed E-state index contributed by atoms with van der Waals surface area (Å²) in [6, 6.07) is 0. The molecule has 0 radical (unpaired) electrons. The lowest BCUT2D eigenvalue weighted by Gasteiger charge is -2.18. The lowest BCUT2D eigenvalue weighted by molar-refractivity contribution is -0.167. The molecule has 0 spiro atoms. The van der Waals surface area contributed by atoms with Gasteiger partial charge in [-0.05, 0) is 103 Å². The average molecular weight is 946 g/mol. The van der Waals surface area contributed by atoms with E-state index in [0.29, 0.717) is 19.3 Å². The van der Waals surface area contributed by atoms with E-state index >= 15 is 0 Å². The third kappa shape index (κ3) is 53.3. The van der Waals surface area contributed by atoms with Gasteiger partial charge < -0.3 is 14.2 Å². The van der Waals surface area contributed by atoms with Gasteiger partial charge in [0.2, 0.25) is 0 Å². The van der Waals surface area contributed by atoms with E-state index in [1.54, 1.807) is 0 Å². The molecule has 0 aromatic rings. The fraction of sp³-hybridized carbons (Fsp3) is 0.694. The largest absolute Gasteiger partial charge is 0.462 e. The van der Waals surface area contributed by atoms with E-state index in [4.69, 9.17) is 14.2 Å². The van der Waals surface area contributed by atoms with E-state index < -0.39 is 6.10 Å². The quantitative estimate of drug-likeness (QED) is 0.0262. The second-order valence-electron chi connectivity index (χ2n) is 18.5. The molecular formula is C62H104O6. The summed E-state index contributed by atoms with van der Waals surface area (Å²) in [7, 11) is 0. The Hall–Kier alpha value is -3.67. The molecule has 0 aliphatic heterocycles. The van der Waals surface area contributed by atoms with Gasteiger partial charge in [-0.3, -0.25) is 14.4 Å². The molecule has 0 rings (SSSR count). The molecule has 6 nitrogen and oxygen atoms in total. The number of carbonyl (C=O) groups excluding carboxylic acids is 3. The minimum atomic E-state index is -0.790. The lowest BCUT2D eigenvalue weighted by Crippen LogP contribution is -2.30. The van der Waals surface area contributed by atoms with Crippen LogP contribution >= 0.6 is 0 Å². The monoisotopic (exact) mass is 945 g/mol. The van der Waals surface area contributed by atoms with Crippen molar-refractivity contribution in [3.05, 3.63) is 97.2 Å². The van der Waals surface area contributed by atoms with E-state index in [-0.39, 0.29) is 31.1 Å². The molecular weight excluding hydrogens is 841 g/mol. The summed E-state index contributed by atoms with van der Waals surface area (Å²) in [6.07, 6.45) is 74.0. The van der Waals surface area contributed by atoms with Gasteiger partial charge in [0, 0.05) is 19.3 Å². The molecule has 0 aliphatic carbocycles. The summed E-state index contributed by atoms with van der Waals surface area (Å²) in [5.41, 5.74) is 0. The zero-order valence-electron chi connectivity index (χ0n) is 44.3. The van der Waals surface area contributed by atoms with E-state index in [1.807, 2.05) is 0 Å². The van der Waals surface area contributed by atoms with Gasteiger partial charge in [-0.2, -0.15) is 0 Å². The minimum Gasteiger partial charge on any atom is -0.462 e. The maximum Gasteiger partial charge on any atom is 0.306 e. The van der Waals surface area contributed by atoms with Crippen LogP contribution in [0.3, 0.4) is 0 Å². The second-order valence-corrected chi connectivity index (χ2v) is 18.5. The molecule has 0 aromatic carbocycles. The fourth-order valence-corrected chi connectivity index (χ4v) is 7.59. The van der Waals surface area contributed by atoms with Crippen molar-refractivity contribution in [1.29, 1.82) is 0 Å². The van der Waals surface area contributed by atoms with Gasteiger partial charge in [0.05, 0.1) is 0 Å². The number of ether oxygens (including phenoxy) is 3. The average Bonchev–Trinajstić information content (AvgIpc) is 3.34. The summed E-state index contributed by atoms with van der Waals surface area (Å²) in [6.45, 7) is 6.46. The Balaban J connectivity index is 4.34. The number of hydrogen-bond acceptors (Lipinski definition) is 6. The smallest absolute Gasteiger partial charge is 0.306 e. The topological polar surface area (TPSA) is 78.9 Å². The first kappa shape index (κ1) is 64.3. The molecule has 1 unspecified atom stereocenters. The summed E-state index contributed by atoms with van der Waals surface area (Å²) < 4.78 is 16.8. The van der Waals surface area contributed by atoms with Crippen molar-refractivity contribution in [3.63, 3.8) is 0 Å². The normalized spacial score (nSPS) is 12.8. The third-order valence-corrected chi connectivity index (χ3v) is 11.8. The van der Waals surface area contributed by atoms with Gasteiger partial charge in [0.15, 0.2) is 6.10 Å². The number of carbonyl (C=O) groups is 3. The van der Waals surface area contributed by atoms with Crippen LogP contribution in [0.25, 0.3) is 0 Å². The molecule has 6 heteroatoms. The van der Waals surface area contributed by atoms with Gasteiger partial charge >= 0.3 is 17.9 Å². The fourth-order valence-electron chi connectivity index (χ4n) is 7.59. The number of hydrogen-bond donors (Lipinski definition) is 0. The second kappa shape index (κ2) is 55.9. The summed E-state index contributed by atoms with van der Waals surface area (Å²) in [4.78, 5) is 38.0. The zero-order chi connectivity index (χ0) is 49.3. The molecule has 0 aliphatic rings. The highest BCUT2D eigenvalue weighted by molar-refractivity contribution is 5.71. The Kier molecular flexibility index (Phi) is 52.9. The van der Waals surface area contributed by atoms with Crippen molar-refractivity contribution in [2.45, 2.75) is 264 Å². The van der Waals surface area contributed by atoms with Crippen LogP contribution in [0.5, 0.6) is 0 Å². The van der Waals surface area contributed by atoms with E-state index in [9.17, 15) is 14.4 Å². The summed E-state index contributed by atoms with van der Waals surface area (Å²) in [5.74, 6) is -0.916. The molecule has 0 saturated heterocycles. The third-order valence-electron chi connectivity index (χ3n) is 11.8. The van der Waals surface area contributed by atoms with Gasteiger partial charge in [0.25, 0.3) is 0 Å². The Bertz CT molecular complexity index is 1360. The lowest BCUT2D eigenvalue weighted by atomic mass is 10.1. The number of esters is 3. The number of unbranched alkanes of at least 4 members (excludes halogenated alkanes) is 23. The highest BCUT2D eigenvalue weighted by atomic mass is 16.6. The van der Waals surface area contributed by atoms with Gasteiger partial charge in [-0.15, -0.1) is 0 Å². The van der Waals surface area contributed by atoms with Crippen LogP contribution in [0.4, 0.5) is 0 Å². The molecule has 388 valence electrons. The first-order valence-corrected chi connectivity index (χ1v) is 28.2.